The van der Waals surface area contributed by atoms with Crippen molar-refractivity contribution in [3.05, 3.63) is 0 Å². The van der Waals surface area contributed by atoms with E-state index in [1.165, 1.54) is 0 Å². The normalized spacial score (nSPS) is 12.5. The molecule has 0 radical (unpaired) electrons. The van der Waals surface area contributed by atoms with E-state index < -0.39 is 17.8 Å². The molecule has 0 spiro atoms. The third-order valence-electron chi connectivity index (χ3n) is 1.74. The van der Waals surface area contributed by atoms with Crippen LogP contribution >= 0.6 is 0 Å². The molecule has 0 bridgehead atoms. The predicted octanol–water partition coefficient (Wildman–Crippen LogP) is 2.82. The Morgan fingerprint density at radius 3 is 1.31 bits per heavy atom. The summed E-state index contributed by atoms with van der Waals surface area (Å²) >= 11 is -2.91. The molecule has 0 heterocycles. The van der Waals surface area contributed by atoms with E-state index in [4.69, 9.17) is 9.96 Å². The monoisotopic (exact) mass is 226 g/mol. The Morgan fingerprint density at radius 2 is 1.15 bits per heavy atom. The second-order valence-electron chi connectivity index (χ2n) is 3.06. The molecule has 80 valence electrons. The van der Waals surface area contributed by atoms with Crippen LogP contribution in [0, 0.1) is 0 Å². The van der Waals surface area contributed by atoms with E-state index in [0.717, 1.165) is 0 Å². The molecule has 0 aliphatic carbocycles. The van der Waals surface area contributed by atoms with Crippen LogP contribution in [0.5, 0.6) is 0 Å². The van der Waals surface area contributed by atoms with Gasteiger partial charge in [0.05, 0.1) is 0 Å². The molecule has 0 aliphatic rings. The van der Waals surface area contributed by atoms with Gasteiger partial charge in [0.1, 0.15) is 0 Å². The fraction of sp³-hybridized carbons (Fsp3) is 1.00. The summed E-state index contributed by atoms with van der Waals surface area (Å²) in [5.74, 6) is 0. The summed E-state index contributed by atoms with van der Waals surface area (Å²) in [6.45, 7) is 12.2. The number of hydrogen-bond donors (Lipinski definition) is 0. The number of hydrogen-bond acceptors (Lipinski definition) is 3. The number of rotatable bonds is 7. The van der Waals surface area contributed by atoms with Gasteiger partial charge in [-0.1, -0.05) is 0 Å². The first-order valence-electron chi connectivity index (χ1n) is 5.04. The fourth-order valence-corrected chi connectivity index (χ4v) is 5.07. The molecule has 0 N–H and O–H groups in total. The van der Waals surface area contributed by atoms with Gasteiger partial charge < -0.3 is 0 Å². The molecule has 0 aromatic carbocycles. The van der Waals surface area contributed by atoms with Crippen molar-refractivity contribution in [1.82, 2.24) is 0 Å². The molecule has 3 nitrogen and oxygen atoms in total. The summed E-state index contributed by atoms with van der Waals surface area (Å²) in [5, 5.41) is 0. The predicted molar refractivity (Wildman–Crippen MR) is 50.0 cm³/mol. The summed E-state index contributed by atoms with van der Waals surface area (Å²) in [4.78, 5) is 0. The van der Waals surface area contributed by atoms with Gasteiger partial charge in [0.15, 0.2) is 0 Å². The molecular weight excluding hydrogens is 204 g/mol. The minimum absolute atomic E-state index is 0.375. The Bertz CT molecular complexity index is 111. The zero-order valence-electron chi connectivity index (χ0n) is 9.42. The van der Waals surface area contributed by atoms with E-state index in [9.17, 15) is 0 Å². The van der Waals surface area contributed by atoms with E-state index >= 15 is 0 Å². The Kier molecular flexibility index (Phi) is 7.28. The molecule has 0 aromatic heterocycles. The molecule has 13 heavy (non-hydrogen) atoms. The van der Waals surface area contributed by atoms with E-state index in [1.807, 2.05) is 20.8 Å². The topological polar surface area (TPSA) is 27.7 Å². The molecule has 0 saturated heterocycles. The molecule has 4 heteroatoms. The maximum atomic E-state index is 5.71. The summed E-state index contributed by atoms with van der Waals surface area (Å²) < 4.78 is 17.5. The van der Waals surface area contributed by atoms with Gasteiger partial charge in [-0.15, -0.1) is 0 Å². The molecule has 0 atom stereocenters. The second kappa shape index (κ2) is 6.96. The SMILES string of the molecule is CC[O][Ti]([O]CC)([O]CC)[CH](C)C. The van der Waals surface area contributed by atoms with Gasteiger partial charge >= 0.3 is 86.4 Å². The van der Waals surface area contributed by atoms with Crippen LogP contribution in [0.25, 0.3) is 0 Å². The van der Waals surface area contributed by atoms with Gasteiger partial charge in [-0.2, -0.15) is 0 Å². The first kappa shape index (κ1) is 13.6. The zero-order chi connectivity index (χ0) is 10.3. The van der Waals surface area contributed by atoms with Crippen molar-refractivity contribution in [2.24, 2.45) is 0 Å². The molecule has 0 unspecified atom stereocenters. The first-order valence-corrected chi connectivity index (χ1v) is 7.86. The van der Waals surface area contributed by atoms with E-state index in [1.54, 1.807) is 0 Å². The van der Waals surface area contributed by atoms with Gasteiger partial charge in [-0.3, -0.25) is 0 Å². The van der Waals surface area contributed by atoms with Gasteiger partial charge in [0, 0.05) is 0 Å². The average Bonchev–Trinajstić information content (AvgIpc) is 2.05. The van der Waals surface area contributed by atoms with Crippen molar-refractivity contribution in [3.63, 3.8) is 0 Å². The summed E-state index contributed by atoms with van der Waals surface area (Å²) in [6, 6.07) is 0. The van der Waals surface area contributed by atoms with Gasteiger partial charge in [-0.25, -0.2) is 0 Å². The second-order valence-corrected chi connectivity index (χ2v) is 8.10. The summed E-state index contributed by atoms with van der Waals surface area (Å²) in [7, 11) is 0. The van der Waals surface area contributed by atoms with Crippen LogP contribution < -0.4 is 0 Å². The maximum absolute atomic E-state index is 5.71. The quantitative estimate of drug-likeness (QED) is 0.624. The third-order valence-corrected chi connectivity index (χ3v) is 7.19. The molecule has 0 saturated carbocycles. The van der Waals surface area contributed by atoms with Crippen molar-refractivity contribution >= 4 is 0 Å². The van der Waals surface area contributed by atoms with Crippen LogP contribution in [0.2, 0.25) is 4.22 Å². The van der Waals surface area contributed by atoms with Crippen molar-refractivity contribution in [2.75, 3.05) is 19.8 Å². The van der Waals surface area contributed by atoms with Crippen molar-refractivity contribution < 1.29 is 27.7 Å². The fourth-order valence-electron chi connectivity index (χ4n) is 1.23. The molecular formula is C9H22O3Ti. The van der Waals surface area contributed by atoms with Gasteiger partial charge in [0.25, 0.3) is 0 Å². The standard InChI is InChI=1S/C3H7.3C2H5O.Ti/c1-3-2;3*1-2-3;/h3H,1-2H3;3*2H2,1H3;/q;3*-1;+3. The van der Waals surface area contributed by atoms with Crippen LogP contribution in [0.3, 0.4) is 0 Å². The first-order chi connectivity index (χ1) is 6.13. The van der Waals surface area contributed by atoms with E-state index in [-0.39, 0.29) is 0 Å². The van der Waals surface area contributed by atoms with Crippen LogP contribution in [-0.2, 0) is 27.7 Å². The van der Waals surface area contributed by atoms with Crippen molar-refractivity contribution in [3.8, 4) is 0 Å². The Balaban J connectivity index is 4.38. The van der Waals surface area contributed by atoms with Crippen molar-refractivity contribution in [2.45, 2.75) is 38.8 Å². The van der Waals surface area contributed by atoms with Gasteiger partial charge in [-0.05, 0) is 0 Å². The molecule has 0 rings (SSSR count). The van der Waals surface area contributed by atoms with E-state index in [2.05, 4.69) is 13.8 Å². The van der Waals surface area contributed by atoms with Crippen LogP contribution in [0.1, 0.15) is 34.6 Å². The summed E-state index contributed by atoms with van der Waals surface area (Å²) in [5.41, 5.74) is 0. The molecule has 0 fully saturated rings. The average molecular weight is 226 g/mol. The Morgan fingerprint density at radius 1 is 0.846 bits per heavy atom. The zero-order valence-corrected chi connectivity index (χ0v) is 11.0. The van der Waals surface area contributed by atoms with Crippen LogP contribution in [0.4, 0.5) is 0 Å². The minimum atomic E-state index is -2.91. The van der Waals surface area contributed by atoms with Crippen molar-refractivity contribution in [1.29, 1.82) is 0 Å². The third kappa shape index (κ3) is 4.09. The van der Waals surface area contributed by atoms with Crippen LogP contribution in [0.15, 0.2) is 0 Å². The van der Waals surface area contributed by atoms with Gasteiger partial charge in [0.2, 0.25) is 0 Å². The Hall–Kier alpha value is 0.594. The molecule has 0 amide bonds. The van der Waals surface area contributed by atoms with Crippen LogP contribution in [-0.4, -0.2) is 19.8 Å². The molecule has 0 aliphatic heterocycles. The molecule has 0 aromatic rings. The Labute approximate surface area is 86.5 Å². The summed E-state index contributed by atoms with van der Waals surface area (Å²) in [6.07, 6.45) is 0. The van der Waals surface area contributed by atoms with E-state index in [0.29, 0.717) is 24.0 Å².